The van der Waals surface area contributed by atoms with Gasteiger partial charge < -0.3 is 14.9 Å². The Bertz CT molecular complexity index is 182. The van der Waals surface area contributed by atoms with Crippen molar-refractivity contribution in [3.8, 4) is 0 Å². The van der Waals surface area contributed by atoms with E-state index in [1.54, 1.807) is 19.0 Å². The summed E-state index contributed by atoms with van der Waals surface area (Å²) in [7, 11) is 3.51. The molecule has 1 aliphatic rings. The predicted molar refractivity (Wildman–Crippen MR) is 50.5 cm³/mol. The van der Waals surface area contributed by atoms with E-state index >= 15 is 0 Å². The molecule has 0 bridgehead atoms. The van der Waals surface area contributed by atoms with Gasteiger partial charge in [-0.15, -0.1) is 0 Å². The van der Waals surface area contributed by atoms with Crippen molar-refractivity contribution in [3.05, 3.63) is 0 Å². The Balaban J connectivity index is 2.46. The first-order valence-electron chi connectivity index (χ1n) is 4.72. The minimum absolute atomic E-state index is 0.0538. The monoisotopic (exact) mass is 186 g/mol. The molecule has 0 aromatic carbocycles. The van der Waals surface area contributed by atoms with Gasteiger partial charge in [0.05, 0.1) is 0 Å². The van der Waals surface area contributed by atoms with Gasteiger partial charge in [-0.05, 0) is 18.8 Å². The van der Waals surface area contributed by atoms with Crippen LogP contribution in [0.25, 0.3) is 0 Å². The Labute approximate surface area is 79.1 Å². The largest absolute Gasteiger partial charge is 0.396 e. The molecule has 1 N–H and O–H groups in total. The lowest BCUT2D eigenvalue weighted by molar-refractivity contribution is 0.116. The quantitative estimate of drug-likeness (QED) is 0.643. The fraction of sp³-hybridized carbons (Fsp3) is 0.889. The number of amides is 2. The fourth-order valence-electron chi connectivity index (χ4n) is 1.67. The van der Waals surface area contributed by atoms with Gasteiger partial charge in [0.15, 0.2) is 0 Å². The molecule has 76 valence electrons. The van der Waals surface area contributed by atoms with Crippen LogP contribution in [0.1, 0.15) is 12.8 Å². The van der Waals surface area contributed by atoms with Crippen LogP contribution in [0.15, 0.2) is 0 Å². The zero-order valence-electron chi connectivity index (χ0n) is 8.36. The maximum Gasteiger partial charge on any atom is 0.319 e. The Morgan fingerprint density at radius 3 is 2.85 bits per heavy atom. The van der Waals surface area contributed by atoms with Crippen LogP contribution in [-0.4, -0.2) is 54.7 Å². The number of hydrogen-bond acceptors (Lipinski definition) is 2. The molecule has 4 nitrogen and oxygen atoms in total. The van der Waals surface area contributed by atoms with Crippen LogP contribution in [0.3, 0.4) is 0 Å². The van der Waals surface area contributed by atoms with Crippen molar-refractivity contribution in [2.45, 2.75) is 12.8 Å². The molecule has 0 saturated carbocycles. The van der Waals surface area contributed by atoms with E-state index < -0.39 is 0 Å². The molecule has 1 fully saturated rings. The first-order valence-corrected chi connectivity index (χ1v) is 4.72. The molecule has 0 aromatic heterocycles. The molecule has 0 unspecified atom stereocenters. The van der Waals surface area contributed by atoms with Crippen LogP contribution in [0, 0.1) is 5.92 Å². The molecule has 1 atom stereocenters. The highest BCUT2D eigenvalue weighted by molar-refractivity contribution is 5.73. The molecule has 0 radical (unpaired) electrons. The van der Waals surface area contributed by atoms with Gasteiger partial charge in [0.1, 0.15) is 0 Å². The van der Waals surface area contributed by atoms with Crippen molar-refractivity contribution in [2.24, 2.45) is 5.92 Å². The number of rotatable bonds is 1. The first kappa shape index (κ1) is 10.3. The van der Waals surface area contributed by atoms with Crippen LogP contribution in [0.2, 0.25) is 0 Å². The molecular formula is C9H18N2O2. The minimum Gasteiger partial charge on any atom is -0.396 e. The maximum absolute atomic E-state index is 11.5. The molecule has 0 aromatic rings. The van der Waals surface area contributed by atoms with Crippen molar-refractivity contribution < 1.29 is 9.90 Å². The second-order valence-electron chi connectivity index (χ2n) is 3.81. The van der Waals surface area contributed by atoms with E-state index in [0.717, 1.165) is 19.4 Å². The molecule has 4 heteroatoms. The summed E-state index contributed by atoms with van der Waals surface area (Å²) >= 11 is 0. The van der Waals surface area contributed by atoms with E-state index in [0.29, 0.717) is 6.54 Å². The number of carbonyl (C=O) groups excluding carboxylic acids is 1. The normalized spacial score (nSPS) is 23.0. The third-order valence-electron chi connectivity index (χ3n) is 2.43. The summed E-state index contributed by atoms with van der Waals surface area (Å²) in [5.41, 5.74) is 0. The molecule has 2 amide bonds. The zero-order valence-corrected chi connectivity index (χ0v) is 8.36. The van der Waals surface area contributed by atoms with Crippen LogP contribution in [-0.2, 0) is 0 Å². The van der Waals surface area contributed by atoms with E-state index in [-0.39, 0.29) is 18.6 Å². The lowest BCUT2D eigenvalue weighted by Gasteiger charge is -2.33. The van der Waals surface area contributed by atoms with Crippen LogP contribution in [0.5, 0.6) is 0 Å². The van der Waals surface area contributed by atoms with E-state index in [9.17, 15) is 4.79 Å². The van der Waals surface area contributed by atoms with Crippen molar-refractivity contribution >= 4 is 6.03 Å². The average molecular weight is 186 g/mol. The minimum atomic E-state index is 0.0538. The van der Waals surface area contributed by atoms with Crippen molar-refractivity contribution in [2.75, 3.05) is 33.8 Å². The fourth-order valence-corrected chi connectivity index (χ4v) is 1.67. The van der Waals surface area contributed by atoms with Gasteiger partial charge in [-0.2, -0.15) is 0 Å². The van der Waals surface area contributed by atoms with E-state index in [2.05, 4.69) is 0 Å². The summed E-state index contributed by atoms with van der Waals surface area (Å²) in [6.07, 6.45) is 2.04. The summed E-state index contributed by atoms with van der Waals surface area (Å²) in [6, 6.07) is 0.0538. The summed E-state index contributed by atoms with van der Waals surface area (Å²) < 4.78 is 0. The van der Waals surface area contributed by atoms with E-state index in [1.807, 2.05) is 4.90 Å². The molecule has 1 aliphatic heterocycles. The number of aliphatic hydroxyl groups is 1. The van der Waals surface area contributed by atoms with Gasteiger partial charge in [0.2, 0.25) is 0 Å². The van der Waals surface area contributed by atoms with E-state index in [1.165, 1.54) is 0 Å². The number of likely N-dealkylation sites (tertiary alicyclic amines) is 1. The highest BCUT2D eigenvalue weighted by Crippen LogP contribution is 2.16. The number of aliphatic hydroxyl groups excluding tert-OH is 1. The first-order chi connectivity index (χ1) is 6.15. The Hall–Kier alpha value is -0.770. The standard InChI is InChI=1S/C9H18N2O2/c1-10(2)9(13)11-5-3-4-8(6-11)7-12/h8,12H,3-7H2,1-2H3/t8-/m1/s1. The average Bonchev–Trinajstić information content (AvgIpc) is 2.16. The van der Waals surface area contributed by atoms with Gasteiger partial charge >= 0.3 is 6.03 Å². The lowest BCUT2D eigenvalue weighted by atomic mass is 9.99. The zero-order chi connectivity index (χ0) is 9.84. The van der Waals surface area contributed by atoms with Crippen LogP contribution in [0.4, 0.5) is 4.79 Å². The highest BCUT2D eigenvalue weighted by atomic mass is 16.3. The van der Waals surface area contributed by atoms with Crippen LogP contribution < -0.4 is 0 Å². The summed E-state index contributed by atoms with van der Waals surface area (Å²) in [4.78, 5) is 14.9. The number of urea groups is 1. The number of nitrogens with zero attached hydrogens (tertiary/aromatic N) is 2. The summed E-state index contributed by atoms with van der Waals surface area (Å²) in [5, 5.41) is 8.98. The molecule has 1 heterocycles. The topological polar surface area (TPSA) is 43.8 Å². The number of carbonyl (C=O) groups is 1. The molecule has 1 rings (SSSR count). The second kappa shape index (κ2) is 4.46. The summed E-state index contributed by atoms with van der Waals surface area (Å²) in [6.45, 7) is 1.72. The Morgan fingerprint density at radius 2 is 2.31 bits per heavy atom. The second-order valence-corrected chi connectivity index (χ2v) is 3.81. The van der Waals surface area contributed by atoms with Crippen LogP contribution >= 0.6 is 0 Å². The van der Waals surface area contributed by atoms with E-state index in [4.69, 9.17) is 5.11 Å². The molecule has 1 saturated heterocycles. The maximum atomic E-state index is 11.5. The lowest BCUT2D eigenvalue weighted by Crippen LogP contribution is -2.45. The third-order valence-corrected chi connectivity index (χ3v) is 2.43. The molecular weight excluding hydrogens is 168 g/mol. The predicted octanol–water partition coefficient (Wildman–Crippen LogP) is 0.372. The van der Waals surface area contributed by atoms with Gasteiger partial charge in [-0.25, -0.2) is 4.79 Å². The third kappa shape index (κ3) is 2.59. The Morgan fingerprint density at radius 1 is 1.62 bits per heavy atom. The van der Waals surface area contributed by atoms with Gasteiger partial charge in [-0.1, -0.05) is 0 Å². The van der Waals surface area contributed by atoms with Gasteiger partial charge in [0, 0.05) is 33.8 Å². The van der Waals surface area contributed by atoms with Crippen molar-refractivity contribution in [1.82, 2.24) is 9.80 Å². The van der Waals surface area contributed by atoms with Crippen molar-refractivity contribution in [3.63, 3.8) is 0 Å². The Kier molecular flexibility index (Phi) is 3.54. The smallest absolute Gasteiger partial charge is 0.319 e. The highest BCUT2D eigenvalue weighted by Gasteiger charge is 2.23. The number of hydrogen-bond donors (Lipinski definition) is 1. The SMILES string of the molecule is CN(C)C(=O)N1CCC[C@@H](CO)C1. The molecule has 0 aliphatic carbocycles. The molecule has 13 heavy (non-hydrogen) atoms. The van der Waals surface area contributed by atoms with Crippen molar-refractivity contribution in [1.29, 1.82) is 0 Å². The van der Waals surface area contributed by atoms with Gasteiger partial charge in [0.25, 0.3) is 0 Å². The number of piperidine rings is 1. The van der Waals surface area contributed by atoms with Gasteiger partial charge in [-0.3, -0.25) is 0 Å². The molecule has 0 spiro atoms. The summed E-state index contributed by atoms with van der Waals surface area (Å²) in [5.74, 6) is 0.276.